The predicted octanol–water partition coefficient (Wildman–Crippen LogP) is 2.10. The molecule has 24 heavy (non-hydrogen) atoms. The van der Waals surface area contributed by atoms with E-state index in [2.05, 4.69) is 10.2 Å². The monoisotopic (exact) mass is 320 g/mol. The summed E-state index contributed by atoms with van der Waals surface area (Å²) in [6, 6.07) is 15.8. The molecular weight excluding hydrogens is 300 g/mol. The lowest BCUT2D eigenvalue weighted by Gasteiger charge is -2.28. The van der Waals surface area contributed by atoms with Crippen LogP contribution in [-0.4, -0.2) is 35.7 Å². The van der Waals surface area contributed by atoms with Gasteiger partial charge in [-0.15, -0.1) is 0 Å². The highest BCUT2D eigenvalue weighted by atomic mass is 16.1. The minimum absolute atomic E-state index is 0.0561. The Kier molecular flexibility index (Phi) is 3.78. The first-order chi connectivity index (χ1) is 11.7. The molecule has 4 rings (SSSR count). The Hall–Kier alpha value is -2.66. The molecule has 0 spiro atoms. The Labute approximate surface area is 140 Å². The number of aryl methyl sites for hydroxylation is 1. The third-order valence-electron chi connectivity index (χ3n) is 4.42. The van der Waals surface area contributed by atoms with E-state index in [1.54, 1.807) is 4.57 Å². The van der Waals surface area contributed by atoms with Gasteiger partial charge in [-0.25, -0.2) is 4.98 Å². The first-order valence-electron chi connectivity index (χ1n) is 8.28. The molecule has 1 aliphatic rings. The lowest BCUT2D eigenvalue weighted by molar-refractivity contribution is 0.583. The summed E-state index contributed by atoms with van der Waals surface area (Å²) < 4.78 is 1.78. The van der Waals surface area contributed by atoms with E-state index in [9.17, 15) is 4.79 Å². The van der Waals surface area contributed by atoms with Crippen LogP contribution in [0.25, 0.3) is 16.7 Å². The molecule has 1 N–H and O–H groups in total. The first-order valence-corrected chi connectivity index (χ1v) is 8.28. The smallest absolute Gasteiger partial charge is 0.298 e. The van der Waals surface area contributed by atoms with Crippen molar-refractivity contribution < 1.29 is 0 Å². The van der Waals surface area contributed by atoms with E-state index >= 15 is 0 Å². The number of rotatable bonds is 2. The largest absolute Gasteiger partial charge is 0.349 e. The zero-order valence-electron chi connectivity index (χ0n) is 13.7. The van der Waals surface area contributed by atoms with Crippen LogP contribution in [0.1, 0.15) is 5.56 Å². The van der Waals surface area contributed by atoms with Gasteiger partial charge in [0.15, 0.2) is 5.82 Å². The van der Waals surface area contributed by atoms with E-state index in [1.807, 2.05) is 55.5 Å². The Morgan fingerprint density at radius 2 is 1.79 bits per heavy atom. The maximum Gasteiger partial charge on any atom is 0.298 e. The number of fused-ring (bicyclic) bond motifs is 1. The lowest BCUT2D eigenvalue weighted by atomic mass is 10.2. The highest BCUT2D eigenvalue weighted by molar-refractivity contribution is 5.79. The van der Waals surface area contributed by atoms with E-state index in [1.165, 1.54) is 0 Å². The Morgan fingerprint density at radius 3 is 2.54 bits per heavy atom. The maximum absolute atomic E-state index is 13.2. The summed E-state index contributed by atoms with van der Waals surface area (Å²) in [5, 5.41) is 3.32. The van der Waals surface area contributed by atoms with E-state index < -0.39 is 0 Å². The maximum atomic E-state index is 13.2. The molecule has 1 fully saturated rings. The van der Waals surface area contributed by atoms with Gasteiger partial charge in [0.05, 0.1) is 11.0 Å². The molecule has 0 bridgehead atoms. The summed E-state index contributed by atoms with van der Waals surface area (Å²) in [5.74, 6) is 0.540. The van der Waals surface area contributed by atoms with Crippen LogP contribution in [0.4, 0.5) is 5.82 Å². The summed E-state index contributed by atoms with van der Waals surface area (Å²) >= 11 is 0. The normalized spacial score (nSPS) is 15.0. The zero-order valence-corrected chi connectivity index (χ0v) is 13.7. The number of anilines is 1. The molecule has 2 heterocycles. The quantitative estimate of drug-likeness (QED) is 0.786. The van der Waals surface area contributed by atoms with Gasteiger partial charge < -0.3 is 10.2 Å². The highest BCUT2D eigenvalue weighted by Crippen LogP contribution is 2.20. The average molecular weight is 320 g/mol. The number of benzene rings is 2. The number of hydrogen-bond donors (Lipinski definition) is 1. The summed E-state index contributed by atoms with van der Waals surface area (Å²) in [5.41, 5.74) is 3.65. The van der Waals surface area contributed by atoms with Crippen LogP contribution in [0, 0.1) is 6.92 Å². The molecule has 3 aromatic rings. The fourth-order valence-corrected chi connectivity index (χ4v) is 3.20. The molecule has 0 unspecified atom stereocenters. The van der Waals surface area contributed by atoms with E-state index in [0.29, 0.717) is 5.82 Å². The van der Waals surface area contributed by atoms with Gasteiger partial charge in [0.25, 0.3) is 5.56 Å². The van der Waals surface area contributed by atoms with Crippen molar-refractivity contribution in [3.05, 3.63) is 64.4 Å². The van der Waals surface area contributed by atoms with Gasteiger partial charge >= 0.3 is 0 Å². The van der Waals surface area contributed by atoms with Gasteiger partial charge in [-0.1, -0.05) is 24.3 Å². The van der Waals surface area contributed by atoms with E-state index in [-0.39, 0.29) is 5.56 Å². The molecule has 5 nitrogen and oxygen atoms in total. The molecule has 5 heteroatoms. The van der Waals surface area contributed by atoms with Gasteiger partial charge in [0, 0.05) is 31.9 Å². The molecule has 1 aliphatic heterocycles. The van der Waals surface area contributed by atoms with Crippen molar-refractivity contribution in [2.75, 3.05) is 31.1 Å². The molecule has 0 aliphatic carbocycles. The van der Waals surface area contributed by atoms with Gasteiger partial charge in [-0.2, -0.15) is 0 Å². The lowest BCUT2D eigenvalue weighted by Crippen LogP contribution is -2.46. The topological polar surface area (TPSA) is 50.2 Å². The summed E-state index contributed by atoms with van der Waals surface area (Å²) in [7, 11) is 0. The molecule has 1 saturated heterocycles. The van der Waals surface area contributed by atoms with Crippen molar-refractivity contribution >= 4 is 16.9 Å². The van der Waals surface area contributed by atoms with Crippen LogP contribution in [0.3, 0.4) is 0 Å². The van der Waals surface area contributed by atoms with Crippen molar-refractivity contribution in [2.24, 2.45) is 0 Å². The molecule has 0 radical (unpaired) electrons. The second-order valence-electron chi connectivity index (χ2n) is 6.14. The Bertz CT molecular complexity index is 927. The minimum atomic E-state index is -0.0561. The predicted molar refractivity (Wildman–Crippen MR) is 97.2 cm³/mol. The van der Waals surface area contributed by atoms with Gasteiger partial charge in [0.2, 0.25) is 0 Å². The number of aromatic nitrogens is 2. The van der Waals surface area contributed by atoms with E-state index in [0.717, 1.165) is 48.5 Å². The first kappa shape index (κ1) is 14.9. The van der Waals surface area contributed by atoms with Crippen molar-refractivity contribution in [3.63, 3.8) is 0 Å². The molecule has 0 atom stereocenters. The second kappa shape index (κ2) is 6.09. The van der Waals surface area contributed by atoms with Crippen molar-refractivity contribution in [1.29, 1.82) is 0 Å². The van der Waals surface area contributed by atoms with Gasteiger partial charge in [0.1, 0.15) is 0 Å². The Balaban J connectivity index is 2.01. The molecule has 0 saturated carbocycles. The second-order valence-corrected chi connectivity index (χ2v) is 6.14. The minimum Gasteiger partial charge on any atom is -0.349 e. The van der Waals surface area contributed by atoms with Crippen molar-refractivity contribution in [3.8, 4) is 5.69 Å². The van der Waals surface area contributed by atoms with Crippen LogP contribution < -0.4 is 15.8 Å². The van der Waals surface area contributed by atoms with Crippen molar-refractivity contribution in [1.82, 2.24) is 14.9 Å². The molecule has 2 aromatic carbocycles. The average Bonchev–Trinajstić information content (AvgIpc) is 2.63. The van der Waals surface area contributed by atoms with Crippen LogP contribution >= 0.6 is 0 Å². The molecule has 122 valence electrons. The van der Waals surface area contributed by atoms with Crippen molar-refractivity contribution in [2.45, 2.75) is 6.92 Å². The standard InChI is InChI=1S/C19H20N4O/c1-14-7-8-17-16(13-14)21-18(22-11-9-20-10-12-22)19(24)23(17)15-5-3-2-4-6-15/h2-8,13,20H,9-12H2,1H3. The van der Waals surface area contributed by atoms with Crippen LogP contribution in [0.5, 0.6) is 0 Å². The van der Waals surface area contributed by atoms with E-state index in [4.69, 9.17) is 4.98 Å². The fraction of sp³-hybridized carbons (Fsp3) is 0.263. The number of hydrogen-bond acceptors (Lipinski definition) is 4. The number of para-hydroxylation sites is 1. The summed E-state index contributed by atoms with van der Waals surface area (Å²) in [6.45, 7) is 5.39. The van der Waals surface area contributed by atoms with Gasteiger partial charge in [-0.3, -0.25) is 9.36 Å². The SMILES string of the molecule is Cc1ccc2c(c1)nc(N1CCNCC1)c(=O)n2-c1ccccc1. The molecular formula is C19H20N4O. The molecule has 1 aromatic heterocycles. The third kappa shape index (κ3) is 2.57. The third-order valence-corrected chi connectivity index (χ3v) is 4.42. The summed E-state index contributed by atoms with van der Waals surface area (Å²) in [4.78, 5) is 20.0. The van der Waals surface area contributed by atoms with Crippen LogP contribution in [0.2, 0.25) is 0 Å². The summed E-state index contributed by atoms with van der Waals surface area (Å²) in [6.07, 6.45) is 0. The zero-order chi connectivity index (χ0) is 16.5. The van der Waals surface area contributed by atoms with Crippen LogP contribution in [0.15, 0.2) is 53.3 Å². The number of nitrogens with one attached hydrogen (secondary N) is 1. The molecule has 0 amide bonds. The fourth-order valence-electron chi connectivity index (χ4n) is 3.20. The Morgan fingerprint density at radius 1 is 1.04 bits per heavy atom. The number of nitrogens with zero attached hydrogens (tertiary/aromatic N) is 3. The van der Waals surface area contributed by atoms with Crippen LogP contribution in [-0.2, 0) is 0 Å². The van der Waals surface area contributed by atoms with Gasteiger partial charge in [-0.05, 0) is 36.8 Å². The number of piperazine rings is 1. The highest BCUT2D eigenvalue weighted by Gasteiger charge is 2.19.